The maximum absolute atomic E-state index is 12.1. The maximum Gasteiger partial charge on any atom is 0.293 e. The van der Waals surface area contributed by atoms with Gasteiger partial charge in [0.25, 0.3) is 5.56 Å². The molecular weight excluding hydrogens is 252 g/mol. The molecule has 0 amide bonds. The summed E-state index contributed by atoms with van der Waals surface area (Å²) in [5, 5.41) is 3.15. The van der Waals surface area contributed by atoms with Crippen LogP contribution in [0.5, 0.6) is 0 Å². The first kappa shape index (κ1) is 14.3. The van der Waals surface area contributed by atoms with E-state index in [1.54, 1.807) is 17.0 Å². The van der Waals surface area contributed by atoms with Gasteiger partial charge in [0, 0.05) is 31.5 Å². The van der Waals surface area contributed by atoms with Crippen LogP contribution in [0.25, 0.3) is 0 Å². The molecule has 1 aromatic carbocycles. The van der Waals surface area contributed by atoms with Gasteiger partial charge in [0.15, 0.2) is 5.82 Å². The molecular formula is C15H20N4O. The van der Waals surface area contributed by atoms with Gasteiger partial charge >= 0.3 is 0 Å². The predicted octanol–water partition coefficient (Wildman–Crippen LogP) is 1.25. The molecule has 0 aliphatic rings. The molecule has 0 bridgehead atoms. The molecule has 0 radical (unpaired) electrons. The van der Waals surface area contributed by atoms with Crippen LogP contribution in [0.1, 0.15) is 12.5 Å². The number of aryl methyl sites for hydroxylation is 1. The van der Waals surface area contributed by atoms with E-state index in [-0.39, 0.29) is 11.6 Å². The molecule has 0 aliphatic heterocycles. The summed E-state index contributed by atoms with van der Waals surface area (Å²) < 4.78 is 1.62. The van der Waals surface area contributed by atoms with Crippen molar-refractivity contribution >= 4 is 5.82 Å². The number of benzene rings is 1. The van der Waals surface area contributed by atoms with Gasteiger partial charge in [-0.25, -0.2) is 4.98 Å². The summed E-state index contributed by atoms with van der Waals surface area (Å²) in [5.74, 6) is 0.362. The monoisotopic (exact) mass is 272 g/mol. The van der Waals surface area contributed by atoms with Crippen molar-refractivity contribution in [2.24, 2.45) is 5.73 Å². The molecule has 20 heavy (non-hydrogen) atoms. The summed E-state index contributed by atoms with van der Waals surface area (Å²) in [6, 6.07) is 10.1. The second-order valence-corrected chi connectivity index (χ2v) is 4.63. The second kappa shape index (κ2) is 6.86. The number of hydrogen-bond donors (Lipinski definition) is 2. The van der Waals surface area contributed by atoms with Crippen LogP contribution in [-0.4, -0.2) is 22.1 Å². The summed E-state index contributed by atoms with van der Waals surface area (Å²) in [6.07, 6.45) is 4.07. The molecule has 5 heteroatoms. The smallest absolute Gasteiger partial charge is 0.293 e. The number of rotatable bonds is 6. The zero-order valence-electron chi connectivity index (χ0n) is 11.6. The molecule has 0 saturated heterocycles. The van der Waals surface area contributed by atoms with Gasteiger partial charge in [-0.2, -0.15) is 0 Å². The average Bonchev–Trinajstić information content (AvgIpc) is 2.49. The van der Waals surface area contributed by atoms with Crippen molar-refractivity contribution in [2.45, 2.75) is 25.9 Å². The third-order valence-corrected chi connectivity index (χ3v) is 3.20. The SMILES string of the molecule is CCn1ccnc(NC(CN)Cc2ccccc2)c1=O. The second-order valence-electron chi connectivity index (χ2n) is 4.63. The molecule has 0 spiro atoms. The Labute approximate surface area is 118 Å². The van der Waals surface area contributed by atoms with Crippen molar-refractivity contribution in [3.05, 3.63) is 58.6 Å². The zero-order chi connectivity index (χ0) is 14.4. The summed E-state index contributed by atoms with van der Waals surface area (Å²) in [6.45, 7) is 2.99. The first-order valence-corrected chi connectivity index (χ1v) is 6.80. The van der Waals surface area contributed by atoms with Crippen molar-refractivity contribution in [1.29, 1.82) is 0 Å². The van der Waals surface area contributed by atoms with Crippen LogP contribution < -0.4 is 16.6 Å². The highest BCUT2D eigenvalue weighted by Gasteiger charge is 2.11. The van der Waals surface area contributed by atoms with Gasteiger partial charge in [0.05, 0.1) is 0 Å². The minimum absolute atomic E-state index is 0.00898. The van der Waals surface area contributed by atoms with Crippen LogP contribution in [0.4, 0.5) is 5.82 Å². The number of anilines is 1. The number of aromatic nitrogens is 2. The third-order valence-electron chi connectivity index (χ3n) is 3.20. The van der Waals surface area contributed by atoms with Gasteiger partial charge in [0.2, 0.25) is 0 Å². The molecule has 1 heterocycles. The summed E-state index contributed by atoms with van der Waals surface area (Å²) >= 11 is 0. The summed E-state index contributed by atoms with van der Waals surface area (Å²) in [7, 11) is 0. The fourth-order valence-electron chi connectivity index (χ4n) is 2.08. The van der Waals surface area contributed by atoms with E-state index in [9.17, 15) is 4.79 Å². The molecule has 0 fully saturated rings. The number of hydrogen-bond acceptors (Lipinski definition) is 4. The predicted molar refractivity (Wildman–Crippen MR) is 80.8 cm³/mol. The van der Waals surface area contributed by atoms with Crippen molar-refractivity contribution in [1.82, 2.24) is 9.55 Å². The average molecular weight is 272 g/mol. The van der Waals surface area contributed by atoms with Crippen LogP contribution in [0, 0.1) is 0 Å². The van der Waals surface area contributed by atoms with E-state index in [0.717, 1.165) is 6.42 Å². The van der Waals surface area contributed by atoms with Gasteiger partial charge in [-0.05, 0) is 18.9 Å². The molecule has 1 aromatic heterocycles. The van der Waals surface area contributed by atoms with E-state index in [0.29, 0.717) is 18.9 Å². The molecule has 1 atom stereocenters. The molecule has 1 unspecified atom stereocenters. The fourth-order valence-corrected chi connectivity index (χ4v) is 2.08. The molecule has 106 valence electrons. The lowest BCUT2D eigenvalue weighted by Gasteiger charge is -2.17. The maximum atomic E-state index is 12.1. The Balaban J connectivity index is 2.13. The van der Waals surface area contributed by atoms with E-state index >= 15 is 0 Å². The van der Waals surface area contributed by atoms with E-state index in [4.69, 9.17) is 5.73 Å². The van der Waals surface area contributed by atoms with E-state index in [2.05, 4.69) is 10.3 Å². The molecule has 0 saturated carbocycles. The standard InChI is InChI=1S/C15H20N4O/c1-2-19-9-8-17-14(15(19)20)18-13(11-16)10-12-6-4-3-5-7-12/h3-9,13H,2,10-11,16H2,1H3,(H,17,18). The van der Waals surface area contributed by atoms with Gasteiger partial charge < -0.3 is 15.6 Å². The summed E-state index contributed by atoms with van der Waals surface area (Å²) in [4.78, 5) is 16.2. The van der Waals surface area contributed by atoms with E-state index in [1.807, 2.05) is 37.3 Å². The Morgan fingerprint density at radius 1 is 1.35 bits per heavy atom. The lowest BCUT2D eigenvalue weighted by atomic mass is 10.1. The van der Waals surface area contributed by atoms with Gasteiger partial charge in [-0.1, -0.05) is 30.3 Å². The van der Waals surface area contributed by atoms with Crippen molar-refractivity contribution in [3.63, 3.8) is 0 Å². The van der Waals surface area contributed by atoms with Crippen molar-refractivity contribution in [2.75, 3.05) is 11.9 Å². The highest BCUT2D eigenvalue weighted by molar-refractivity contribution is 5.33. The fraction of sp³-hybridized carbons (Fsp3) is 0.333. The normalized spacial score (nSPS) is 12.1. The van der Waals surface area contributed by atoms with E-state index < -0.39 is 0 Å². The molecule has 2 rings (SSSR count). The minimum atomic E-state index is -0.110. The quantitative estimate of drug-likeness (QED) is 0.830. The van der Waals surface area contributed by atoms with Gasteiger partial charge in [-0.15, -0.1) is 0 Å². The Morgan fingerprint density at radius 3 is 2.75 bits per heavy atom. The topological polar surface area (TPSA) is 72.9 Å². The number of nitrogens with zero attached hydrogens (tertiary/aromatic N) is 2. The minimum Gasteiger partial charge on any atom is -0.361 e. The van der Waals surface area contributed by atoms with Crippen molar-refractivity contribution in [3.8, 4) is 0 Å². The Morgan fingerprint density at radius 2 is 2.10 bits per heavy atom. The lowest BCUT2D eigenvalue weighted by Crippen LogP contribution is -2.35. The highest BCUT2D eigenvalue weighted by atomic mass is 16.1. The Bertz CT molecular complexity index is 594. The molecule has 3 N–H and O–H groups in total. The van der Waals surface area contributed by atoms with E-state index in [1.165, 1.54) is 5.56 Å². The van der Waals surface area contributed by atoms with Crippen LogP contribution in [-0.2, 0) is 13.0 Å². The van der Waals surface area contributed by atoms with Gasteiger partial charge in [-0.3, -0.25) is 4.79 Å². The van der Waals surface area contributed by atoms with Crippen LogP contribution in [0.2, 0.25) is 0 Å². The van der Waals surface area contributed by atoms with Gasteiger partial charge in [0.1, 0.15) is 0 Å². The largest absolute Gasteiger partial charge is 0.361 e. The summed E-state index contributed by atoms with van der Waals surface area (Å²) in [5.41, 5.74) is 6.86. The first-order chi connectivity index (χ1) is 9.74. The van der Waals surface area contributed by atoms with Crippen molar-refractivity contribution < 1.29 is 0 Å². The lowest BCUT2D eigenvalue weighted by molar-refractivity contribution is 0.692. The molecule has 0 aliphatic carbocycles. The first-order valence-electron chi connectivity index (χ1n) is 6.80. The third kappa shape index (κ3) is 3.45. The molecule has 2 aromatic rings. The highest BCUT2D eigenvalue weighted by Crippen LogP contribution is 2.06. The zero-order valence-corrected chi connectivity index (χ0v) is 11.6. The Hall–Kier alpha value is -2.14. The number of nitrogens with two attached hydrogens (primary N) is 1. The van der Waals surface area contributed by atoms with Crippen LogP contribution >= 0.6 is 0 Å². The molecule has 5 nitrogen and oxygen atoms in total. The Kier molecular flexibility index (Phi) is 4.90. The van der Waals surface area contributed by atoms with Crippen LogP contribution in [0.3, 0.4) is 0 Å². The number of nitrogens with one attached hydrogen (secondary N) is 1. The van der Waals surface area contributed by atoms with Crippen LogP contribution in [0.15, 0.2) is 47.5 Å².